The predicted molar refractivity (Wildman–Crippen MR) is 108 cm³/mol. The second-order valence-electron chi connectivity index (χ2n) is 6.49. The van der Waals surface area contributed by atoms with Gasteiger partial charge in [0, 0.05) is 6.61 Å². The lowest BCUT2D eigenvalue weighted by Crippen LogP contribution is -2.35. The summed E-state index contributed by atoms with van der Waals surface area (Å²) < 4.78 is 11.3. The molecule has 0 bridgehead atoms. The molecular weight excluding hydrogens is 336 g/mol. The molecule has 3 aromatic carbocycles. The number of aliphatic hydroxyl groups excluding tert-OH is 1. The highest BCUT2D eigenvalue weighted by Gasteiger charge is 2.36. The molecule has 1 N–H and O–H groups in total. The van der Waals surface area contributed by atoms with Gasteiger partial charge in [0.15, 0.2) is 0 Å². The molecule has 0 amide bonds. The van der Waals surface area contributed by atoms with Crippen LogP contribution in [0.15, 0.2) is 78.9 Å². The van der Waals surface area contributed by atoms with E-state index < -0.39 is 5.41 Å². The van der Waals surface area contributed by atoms with Gasteiger partial charge < -0.3 is 14.6 Å². The van der Waals surface area contributed by atoms with E-state index in [1.54, 1.807) is 7.11 Å². The summed E-state index contributed by atoms with van der Waals surface area (Å²) in [6, 6.07) is 26.7. The first kappa shape index (κ1) is 19.2. The normalized spacial score (nSPS) is 13.1. The van der Waals surface area contributed by atoms with Crippen molar-refractivity contribution in [3.63, 3.8) is 0 Å². The van der Waals surface area contributed by atoms with Gasteiger partial charge >= 0.3 is 0 Å². The zero-order valence-corrected chi connectivity index (χ0v) is 15.9. The van der Waals surface area contributed by atoms with E-state index in [0.717, 1.165) is 22.4 Å². The highest BCUT2D eigenvalue weighted by atomic mass is 16.5. The molecular formula is C24H26O3. The molecule has 3 rings (SSSR count). The van der Waals surface area contributed by atoms with Gasteiger partial charge in [-0.05, 0) is 41.3 Å². The van der Waals surface area contributed by atoms with Crippen LogP contribution in [-0.4, -0.2) is 25.4 Å². The zero-order valence-electron chi connectivity index (χ0n) is 15.9. The molecule has 0 spiro atoms. The molecule has 3 heteroatoms. The second-order valence-corrected chi connectivity index (χ2v) is 6.49. The largest absolute Gasteiger partial charge is 0.497 e. The number of rotatable bonds is 8. The van der Waals surface area contributed by atoms with E-state index in [9.17, 15) is 5.11 Å². The maximum Gasteiger partial charge on any atom is 0.118 e. The molecule has 140 valence electrons. The summed E-state index contributed by atoms with van der Waals surface area (Å²) in [5.41, 5.74) is 3.88. The van der Waals surface area contributed by atoms with E-state index in [1.807, 2.05) is 37.3 Å². The van der Waals surface area contributed by atoms with E-state index in [-0.39, 0.29) is 6.61 Å². The Morgan fingerprint density at radius 2 is 1.33 bits per heavy atom. The number of methoxy groups -OCH3 is 1. The van der Waals surface area contributed by atoms with Crippen LogP contribution in [0.1, 0.15) is 29.2 Å². The predicted octanol–water partition coefficient (Wildman–Crippen LogP) is 4.56. The van der Waals surface area contributed by atoms with Crippen LogP contribution in [0.4, 0.5) is 0 Å². The average Bonchev–Trinajstić information content (AvgIpc) is 2.76. The van der Waals surface area contributed by atoms with Crippen molar-refractivity contribution in [2.45, 2.75) is 18.9 Å². The monoisotopic (exact) mass is 362 g/mol. The van der Waals surface area contributed by atoms with Gasteiger partial charge in [0.05, 0.1) is 25.7 Å². The fraction of sp³-hybridized carbons (Fsp3) is 0.250. The zero-order chi connectivity index (χ0) is 19.1. The van der Waals surface area contributed by atoms with E-state index >= 15 is 0 Å². The van der Waals surface area contributed by atoms with E-state index in [0.29, 0.717) is 13.2 Å². The minimum absolute atomic E-state index is 0.0343. The first-order valence-corrected chi connectivity index (χ1v) is 9.22. The Labute approximate surface area is 161 Å². The van der Waals surface area contributed by atoms with Crippen molar-refractivity contribution < 1.29 is 14.6 Å². The number of ether oxygens (including phenoxy) is 2. The molecule has 0 radical (unpaired) electrons. The fourth-order valence-corrected chi connectivity index (χ4v) is 3.50. The SMILES string of the molecule is CCOCC(c1ccccc1)(c1ccc(CO)cc1)c1ccc(OC)cc1. The molecule has 0 aliphatic heterocycles. The van der Waals surface area contributed by atoms with Gasteiger partial charge in [-0.15, -0.1) is 0 Å². The minimum atomic E-state index is -0.447. The van der Waals surface area contributed by atoms with Crippen molar-refractivity contribution in [1.29, 1.82) is 0 Å². The Hall–Kier alpha value is -2.62. The Morgan fingerprint density at radius 3 is 1.85 bits per heavy atom. The van der Waals surface area contributed by atoms with Crippen LogP contribution in [0.25, 0.3) is 0 Å². The molecule has 0 aliphatic rings. The summed E-state index contributed by atoms with van der Waals surface area (Å²) in [5, 5.41) is 9.43. The van der Waals surface area contributed by atoms with E-state index in [2.05, 4.69) is 48.5 Å². The van der Waals surface area contributed by atoms with Gasteiger partial charge in [0.25, 0.3) is 0 Å². The first-order valence-electron chi connectivity index (χ1n) is 9.22. The Bertz CT molecular complexity index is 776. The van der Waals surface area contributed by atoms with Gasteiger partial charge in [-0.2, -0.15) is 0 Å². The van der Waals surface area contributed by atoms with Crippen LogP contribution >= 0.6 is 0 Å². The molecule has 27 heavy (non-hydrogen) atoms. The summed E-state index contributed by atoms with van der Waals surface area (Å²) in [7, 11) is 1.67. The van der Waals surface area contributed by atoms with Gasteiger partial charge in [-0.3, -0.25) is 0 Å². The van der Waals surface area contributed by atoms with Crippen LogP contribution in [0.2, 0.25) is 0 Å². The highest BCUT2D eigenvalue weighted by molar-refractivity contribution is 5.52. The topological polar surface area (TPSA) is 38.7 Å². The molecule has 0 saturated carbocycles. The van der Waals surface area contributed by atoms with Crippen molar-refractivity contribution in [3.05, 3.63) is 101 Å². The summed E-state index contributed by atoms with van der Waals surface area (Å²) in [4.78, 5) is 0. The smallest absolute Gasteiger partial charge is 0.118 e. The van der Waals surface area contributed by atoms with Gasteiger partial charge in [0.1, 0.15) is 5.75 Å². The van der Waals surface area contributed by atoms with Gasteiger partial charge in [0.2, 0.25) is 0 Å². The lowest BCUT2D eigenvalue weighted by atomic mass is 9.70. The van der Waals surface area contributed by atoms with Gasteiger partial charge in [-0.1, -0.05) is 66.7 Å². The molecule has 1 atom stereocenters. The molecule has 1 unspecified atom stereocenters. The third kappa shape index (κ3) is 3.90. The summed E-state index contributed by atoms with van der Waals surface area (Å²) in [5.74, 6) is 0.827. The highest BCUT2D eigenvalue weighted by Crippen LogP contribution is 2.40. The number of hydrogen-bond donors (Lipinski definition) is 1. The third-order valence-corrected chi connectivity index (χ3v) is 5.00. The molecule has 0 saturated heterocycles. The maximum absolute atomic E-state index is 9.43. The summed E-state index contributed by atoms with van der Waals surface area (Å²) in [6.07, 6.45) is 0. The molecule has 3 nitrogen and oxygen atoms in total. The minimum Gasteiger partial charge on any atom is -0.497 e. The maximum atomic E-state index is 9.43. The van der Waals surface area contributed by atoms with Crippen LogP contribution < -0.4 is 4.74 Å². The van der Waals surface area contributed by atoms with Crippen molar-refractivity contribution in [2.24, 2.45) is 0 Å². The molecule has 0 heterocycles. The standard InChI is InChI=1S/C24H26O3/c1-3-27-18-24(20-7-5-4-6-8-20,21-11-9-19(17-25)10-12-21)22-13-15-23(26-2)16-14-22/h4-16,25H,3,17-18H2,1-2H3. The van der Waals surface area contributed by atoms with Crippen LogP contribution in [0, 0.1) is 0 Å². The van der Waals surface area contributed by atoms with Crippen LogP contribution in [0.5, 0.6) is 5.75 Å². The summed E-state index contributed by atoms with van der Waals surface area (Å²) in [6.45, 7) is 3.21. The van der Waals surface area contributed by atoms with Crippen molar-refractivity contribution in [3.8, 4) is 5.75 Å². The molecule has 0 fully saturated rings. The quantitative estimate of drug-likeness (QED) is 0.597. The van der Waals surface area contributed by atoms with Crippen LogP contribution in [-0.2, 0) is 16.8 Å². The van der Waals surface area contributed by atoms with Crippen molar-refractivity contribution in [2.75, 3.05) is 20.3 Å². The first-order chi connectivity index (χ1) is 13.2. The van der Waals surface area contributed by atoms with Gasteiger partial charge in [-0.25, -0.2) is 0 Å². The second kappa shape index (κ2) is 8.85. The Kier molecular flexibility index (Phi) is 6.28. The van der Waals surface area contributed by atoms with Crippen LogP contribution in [0.3, 0.4) is 0 Å². The summed E-state index contributed by atoms with van der Waals surface area (Å²) >= 11 is 0. The number of hydrogen-bond acceptors (Lipinski definition) is 3. The lowest BCUT2D eigenvalue weighted by Gasteiger charge is -2.36. The Morgan fingerprint density at radius 1 is 0.778 bits per heavy atom. The molecule has 0 aliphatic carbocycles. The molecule has 3 aromatic rings. The fourth-order valence-electron chi connectivity index (χ4n) is 3.50. The van der Waals surface area contributed by atoms with E-state index in [4.69, 9.17) is 9.47 Å². The third-order valence-electron chi connectivity index (χ3n) is 5.00. The number of aliphatic hydroxyl groups is 1. The lowest BCUT2D eigenvalue weighted by molar-refractivity contribution is 0.119. The van der Waals surface area contributed by atoms with Crippen molar-refractivity contribution >= 4 is 0 Å². The van der Waals surface area contributed by atoms with E-state index in [1.165, 1.54) is 5.56 Å². The Balaban J connectivity index is 2.22. The average molecular weight is 362 g/mol. The van der Waals surface area contributed by atoms with Crippen molar-refractivity contribution in [1.82, 2.24) is 0 Å². The number of benzene rings is 3. The molecule has 0 aromatic heterocycles.